The van der Waals surface area contributed by atoms with Crippen LogP contribution >= 0.6 is 0 Å². The third-order valence-electron chi connectivity index (χ3n) is 2.21. The van der Waals surface area contributed by atoms with Crippen molar-refractivity contribution in [2.75, 3.05) is 6.61 Å². The van der Waals surface area contributed by atoms with Gasteiger partial charge >= 0.3 is 0 Å². The van der Waals surface area contributed by atoms with Crippen molar-refractivity contribution in [1.29, 1.82) is 0 Å². The third kappa shape index (κ3) is 2.98. The van der Waals surface area contributed by atoms with Gasteiger partial charge in [-0.3, -0.25) is 0 Å². The number of ether oxygens (including phenoxy) is 1. The first kappa shape index (κ1) is 11.6. The zero-order valence-electron chi connectivity index (χ0n) is 9.55. The molecule has 1 heteroatoms. The summed E-state index contributed by atoms with van der Waals surface area (Å²) in [5.41, 5.74) is 3.63. The second-order valence-corrected chi connectivity index (χ2v) is 3.66. The number of allylic oxidation sites excluding steroid dienone is 1. The van der Waals surface area contributed by atoms with E-state index in [0.29, 0.717) is 6.61 Å². The van der Waals surface area contributed by atoms with Gasteiger partial charge in [0.05, 0.1) is 0 Å². The highest BCUT2D eigenvalue weighted by molar-refractivity contribution is 5.44. The predicted octanol–water partition coefficient (Wildman–Crippen LogP) is 3.60. The lowest BCUT2D eigenvalue weighted by Crippen LogP contribution is -2.00. The highest BCUT2D eigenvalue weighted by atomic mass is 16.5. The van der Waals surface area contributed by atoms with E-state index in [9.17, 15) is 0 Å². The molecule has 0 unspecified atom stereocenters. The van der Waals surface area contributed by atoms with Gasteiger partial charge in [0, 0.05) is 0 Å². The summed E-state index contributed by atoms with van der Waals surface area (Å²) < 4.78 is 5.66. The number of hydrogen-bond donors (Lipinski definition) is 0. The summed E-state index contributed by atoms with van der Waals surface area (Å²) in [4.78, 5) is 0. The Morgan fingerprint density at radius 3 is 2.53 bits per heavy atom. The molecule has 0 bridgehead atoms. The van der Waals surface area contributed by atoms with E-state index in [0.717, 1.165) is 12.2 Å². The monoisotopic (exact) mass is 202 g/mol. The Balaban J connectivity index is 3.07. The van der Waals surface area contributed by atoms with E-state index in [-0.39, 0.29) is 0 Å². The van der Waals surface area contributed by atoms with Crippen LogP contribution in [0.1, 0.15) is 16.7 Å². The molecular formula is C14H18O. The fourth-order valence-corrected chi connectivity index (χ4v) is 1.70. The molecule has 0 amide bonds. The van der Waals surface area contributed by atoms with Crippen molar-refractivity contribution < 1.29 is 4.74 Å². The minimum Gasteiger partial charge on any atom is -0.489 e. The third-order valence-corrected chi connectivity index (χ3v) is 2.21. The quantitative estimate of drug-likeness (QED) is 0.663. The van der Waals surface area contributed by atoms with Gasteiger partial charge in [0.2, 0.25) is 0 Å². The SMILES string of the molecule is C=CCOc1c(C)cc(C)cc1CC=C. The second-order valence-electron chi connectivity index (χ2n) is 3.66. The maximum Gasteiger partial charge on any atom is 0.126 e. The minimum absolute atomic E-state index is 0.550. The molecule has 0 N–H and O–H groups in total. The normalized spacial score (nSPS) is 9.73. The Hall–Kier alpha value is -1.50. The molecular weight excluding hydrogens is 184 g/mol. The number of aryl methyl sites for hydroxylation is 2. The summed E-state index contributed by atoms with van der Waals surface area (Å²) in [6, 6.07) is 4.28. The fraction of sp³-hybridized carbons (Fsp3) is 0.286. The van der Waals surface area contributed by atoms with Crippen molar-refractivity contribution in [3.63, 3.8) is 0 Å². The Bertz CT molecular complexity index is 364. The first-order valence-electron chi connectivity index (χ1n) is 5.13. The predicted molar refractivity (Wildman–Crippen MR) is 65.5 cm³/mol. The van der Waals surface area contributed by atoms with Crippen LogP contribution in [-0.4, -0.2) is 6.61 Å². The Kier molecular flexibility index (Phi) is 4.17. The largest absolute Gasteiger partial charge is 0.489 e. The van der Waals surface area contributed by atoms with Gasteiger partial charge < -0.3 is 4.74 Å². The van der Waals surface area contributed by atoms with Crippen LogP contribution in [0, 0.1) is 13.8 Å². The zero-order chi connectivity index (χ0) is 11.3. The summed E-state index contributed by atoms with van der Waals surface area (Å²) in [6.07, 6.45) is 4.50. The smallest absolute Gasteiger partial charge is 0.126 e. The highest BCUT2D eigenvalue weighted by Gasteiger charge is 2.06. The van der Waals surface area contributed by atoms with E-state index in [1.807, 2.05) is 6.08 Å². The van der Waals surface area contributed by atoms with Gasteiger partial charge in [-0.2, -0.15) is 0 Å². The molecule has 15 heavy (non-hydrogen) atoms. The van der Waals surface area contributed by atoms with Crippen LogP contribution in [0.15, 0.2) is 37.4 Å². The van der Waals surface area contributed by atoms with Crippen LogP contribution in [0.2, 0.25) is 0 Å². The van der Waals surface area contributed by atoms with Gasteiger partial charge in [0.25, 0.3) is 0 Å². The molecule has 1 aromatic rings. The van der Waals surface area contributed by atoms with E-state index in [1.165, 1.54) is 16.7 Å². The maximum atomic E-state index is 5.66. The summed E-state index contributed by atoms with van der Waals surface area (Å²) >= 11 is 0. The van der Waals surface area contributed by atoms with Gasteiger partial charge in [-0.15, -0.1) is 6.58 Å². The van der Waals surface area contributed by atoms with Crippen LogP contribution in [0.5, 0.6) is 5.75 Å². The summed E-state index contributed by atoms with van der Waals surface area (Å²) in [5.74, 6) is 0.973. The molecule has 1 rings (SSSR count). The molecule has 0 aliphatic rings. The topological polar surface area (TPSA) is 9.23 Å². The van der Waals surface area contributed by atoms with E-state index in [4.69, 9.17) is 4.74 Å². The van der Waals surface area contributed by atoms with Gasteiger partial charge in [-0.25, -0.2) is 0 Å². The Labute approximate surface area is 92.1 Å². The van der Waals surface area contributed by atoms with Gasteiger partial charge in [0.1, 0.15) is 12.4 Å². The summed E-state index contributed by atoms with van der Waals surface area (Å²) in [6.45, 7) is 12.1. The molecule has 0 radical (unpaired) electrons. The first-order chi connectivity index (χ1) is 7.19. The van der Waals surface area contributed by atoms with Crippen molar-refractivity contribution in [3.8, 4) is 5.75 Å². The van der Waals surface area contributed by atoms with Crippen molar-refractivity contribution in [2.24, 2.45) is 0 Å². The van der Waals surface area contributed by atoms with Crippen LogP contribution in [-0.2, 0) is 6.42 Å². The first-order valence-corrected chi connectivity index (χ1v) is 5.13. The van der Waals surface area contributed by atoms with Gasteiger partial charge in [0.15, 0.2) is 0 Å². The maximum absolute atomic E-state index is 5.66. The Morgan fingerprint density at radius 1 is 1.20 bits per heavy atom. The number of rotatable bonds is 5. The van der Waals surface area contributed by atoms with Crippen molar-refractivity contribution in [3.05, 3.63) is 54.1 Å². The lowest BCUT2D eigenvalue weighted by molar-refractivity contribution is 0.357. The number of hydrogen-bond acceptors (Lipinski definition) is 1. The summed E-state index contributed by atoms with van der Waals surface area (Å²) in [7, 11) is 0. The van der Waals surface area contributed by atoms with Crippen molar-refractivity contribution in [1.82, 2.24) is 0 Å². The second kappa shape index (κ2) is 5.40. The molecule has 0 heterocycles. The fourth-order valence-electron chi connectivity index (χ4n) is 1.70. The molecule has 0 atom stereocenters. The van der Waals surface area contributed by atoms with Crippen LogP contribution in [0.3, 0.4) is 0 Å². The molecule has 1 aromatic carbocycles. The van der Waals surface area contributed by atoms with E-state index < -0.39 is 0 Å². The molecule has 0 fully saturated rings. The minimum atomic E-state index is 0.550. The standard InChI is InChI=1S/C14H18O/c1-5-7-13-10-11(3)9-12(4)14(13)15-8-6-2/h5-6,9-10H,1-2,7-8H2,3-4H3. The molecule has 0 saturated carbocycles. The van der Waals surface area contributed by atoms with E-state index in [1.54, 1.807) is 6.08 Å². The molecule has 80 valence electrons. The molecule has 0 aromatic heterocycles. The average Bonchev–Trinajstić information content (AvgIpc) is 2.17. The Morgan fingerprint density at radius 2 is 1.93 bits per heavy atom. The zero-order valence-corrected chi connectivity index (χ0v) is 9.55. The average molecular weight is 202 g/mol. The molecule has 0 spiro atoms. The molecule has 0 aliphatic heterocycles. The lowest BCUT2D eigenvalue weighted by Gasteiger charge is -2.13. The van der Waals surface area contributed by atoms with E-state index in [2.05, 4.69) is 39.1 Å². The van der Waals surface area contributed by atoms with Crippen LogP contribution < -0.4 is 4.74 Å². The lowest BCUT2D eigenvalue weighted by atomic mass is 10.0. The van der Waals surface area contributed by atoms with Crippen molar-refractivity contribution in [2.45, 2.75) is 20.3 Å². The van der Waals surface area contributed by atoms with Gasteiger partial charge in [-0.1, -0.05) is 36.4 Å². The molecule has 0 saturated heterocycles. The molecule has 0 aliphatic carbocycles. The number of benzene rings is 1. The van der Waals surface area contributed by atoms with Crippen LogP contribution in [0.25, 0.3) is 0 Å². The van der Waals surface area contributed by atoms with Crippen molar-refractivity contribution >= 4 is 0 Å². The summed E-state index contributed by atoms with van der Waals surface area (Å²) in [5, 5.41) is 0. The van der Waals surface area contributed by atoms with Crippen LogP contribution in [0.4, 0.5) is 0 Å². The molecule has 1 nitrogen and oxygen atoms in total. The van der Waals surface area contributed by atoms with Gasteiger partial charge in [-0.05, 0) is 31.4 Å². The highest BCUT2D eigenvalue weighted by Crippen LogP contribution is 2.26. The van der Waals surface area contributed by atoms with E-state index >= 15 is 0 Å².